The van der Waals surface area contributed by atoms with E-state index >= 15 is 0 Å². The van der Waals surface area contributed by atoms with Crippen LogP contribution in [0.2, 0.25) is 0 Å². The lowest BCUT2D eigenvalue weighted by Gasteiger charge is -2.24. The molecule has 1 aromatic carbocycles. The lowest BCUT2D eigenvalue weighted by atomic mass is 9.91. The highest BCUT2D eigenvalue weighted by molar-refractivity contribution is 9.10. The maximum Gasteiger partial charge on any atom is 0.127 e. The Morgan fingerprint density at radius 2 is 2.19 bits per heavy atom. The third kappa shape index (κ3) is 4.20. The normalized spacial score (nSPS) is 14.8. The van der Waals surface area contributed by atoms with Crippen molar-refractivity contribution in [3.8, 4) is 0 Å². The number of rotatable bonds is 5. The standard InChI is InChI=1S/C12H17BrFNO/c1-12(15,5-6-16-2)8-9-3-4-10(13)7-11(9)14/h3-4,7H,5-6,8,15H2,1-2H3. The minimum absolute atomic E-state index is 0.219. The van der Waals surface area contributed by atoms with Crippen LogP contribution in [0.4, 0.5) is 4.39 Å². The summed E-state index contributed by atoms with van der Waals surface area (Å²) in [7, 11) is 1.64. The van der Waals surface area contributed by atoms with Crippen molar-refractivity contribution in [2.75, 3.05) is 13.7 Å². The molecule has 90 valence electrons. The van der Waals surface area contributed by atoms with Crippen LogP contribution in [0.1, 0.15) is 18.9 Å². The number of hydrogen-bond acceptors (Lipinski definition) is 2. The second-order valence-corrected chi connectivity index (χ2v) is 5.23. The van der Waals surface area contributed by atoms with Crippen LogP contribution in [0, 0.1) is 5.82 Å². The molecule has 4 heteroatoms. The van der Waals surface area contributed by atoms with Gasteiger partial charge in [0.2, 0.25) is 0 Å². The molecular formula is C12H17BrFNO. The van der Waals surface area contributed by atoms with Gasteiger partial charge in [0.15, 0.2) is 0 Å². The summed E-state index contributed by atoms with van der Waals surface area (Å²) in [5.41, 5.74) is 6.29. The van der Waals surface area contributed by atoms with E-state index in [9.17, 15) is 4.39 Å². The van der Waals surface area contributed by atoms with Crippen molar-refractivity contribution in [1.29, 1.82) is 0 Å². The molecule has 0 fully saturated rings. The van der Waals surface area contributed by atoms with Crippen LogP contribution in [0.3, 0.4) is 0 Å². The molecular weight excluding hydrogens is 273 g/mol. The van der Waals surface area contributed by atoms with Gasteiger partial charge in [-0.25, -0.2) is 4.39 Å². The minimum atomic E-state index is -0.440. The van der Waals surface area contributed by atoms with E-state index in [2.05, 4.69) is 15.9 Å². The summed E-state index contributed by atoms with van der Waals surface area (Å²) < 4.78 is 19.3. The number of halogens is 2. The molecule has 0 saturated carbocycles. The van der Waals surface area contributed by atoms with E-state index in [0.717, 1.165) is 4.47 Å². The van der Waals surface area contributed by atoms with Crippen LogP contribution < -0.4 is 5.73 Å². The van der Waals surface area contributed by atoms with Gasteiger partial charge in [-0.05, 0) is 37.5 Å². The van der Waals surface area contributed by atoms with Crippen LogP contribution in [0.5, 0.6) is 0 Å². The van der Waals surface area contributed by atoms with E-state index in [-0.39, 0.29) is 5.82 Å². The average molecular weight is 290 g/mol. The van der Waals surface area contributed by atoms with Gasteiger partial charge in [-0.2, -0.15) is 0 Å². The number of hydrogen-bond donors (Lipinski definition) is 1. The zero-order chi connectivity index (χ0) is 12.2. The van der Waals surface area contributed by atoms with Gasteiger partial charge in [0, 0.05) is 23.7 Å². The van der Waals surface area contributed by atoms with Gasteiger partial charge in [0.25, 0.3) is 0 Å². The predicted octanol–water partition coefficient (Wildman–Crippen LogP) is 2.88. The van der Waals surface area contributed by atoms with Crippen LogP contribution >= 0.6 is 15.9 Å². The Morgan fingerprint density at radius 1 is 1.50 bits per heavy atom. The molecule has 0 aromatic heterocycles. The van der Waals surface area contributed by atoms with Crippen molar-refractivity contribution in [2.45, 2.75) is 25.3 Å². The zero-order valence-electron chi connectivity index (χ0n) is 9.59. The summed E-state index contributed by atoms with van der Waals surface area (Å²) in [4.78, 5) is 0. The monoisotopic (exact) mass is 289 g/mol. The van der Waals surface area contributed by atoms with Crippen molar-refractivity contribution in [3.05, 3.63) is 34.1 Å². The summed E-state index contributed by atoms with van der Waals surface area (Å²) in [6, 6.07) is 5.05. The molecule has 0 amide bonds. The molecule has 1 aromatic rings. The molecule has 0 bridgehead atoms. The van der Waals surface area contributed by atoms with Crippen LogP contribution in [-0.4, -0.2) is 19.3 Å². The summed E-state index contributed by atoms with van der Waals surface area (Å²) >= 11 is 3.23. The molecule has 0 aliphatic rings. The summed E-state index contributed by atoms with van der Waals surface area (Å²) in [5, 5.41) is 0. The highest BCUT2D eigenvalue weighted by Crippen LogP contribution is 2.20. The molecule has 1 rings (SSSR count). The molecule has 0 aliphatic carbocycles. The summed E-state index contributed by atoms with van der Waals surface area (Å²) in [5.74, 6) is -0.219. The van der Waals surface area contributed by atoms with Crippen LogP contribution in [0.25, 0.3) is 0 Å². The van der Waals surface area contributed by atoms with E-state index < -0.39 is 5.54 Å². The van der Waals surface area contributed by atoms with Gasteiger partial charge in [0.05, 0.1) is 0 Å². The predicted molar refractivity (Wildman–Crippen MR) is 66.9 cm³/mol. The second kappa shape index (κ2) is 5.75. The largest absolute Gasteiger partial charge is 0.385 e. The molecule has 1 unspecified atom stereocenters. The van der Waals surface area contributed by atoms with Crippen molar-refractivity contribution in [2.24, 2.45) is 5.73 Å². The first-order valence-electron chi connectivity index (χ1n) is 5.16. The molecule has 1 atom stereocenters. The number of benzene rings is 1. The summed E-state index contributed by atoms with van der Waals surface area (Å²) in [6.07, 6.45) is 1.22. The Balaban J connectivity index is 2.71. The van der Waals surface area contributed by atoms with Crippen LogP contribution in [-0.2, 0) is 11.2 Å². The molecule has 16 heavy (non-hydrogen) atoms. The summed E-state index contributed by atoms with van der Waals surface area (Å²) in [6.45, 7) is 2.50. The van der Waals surface area contributed by atoms with Crippen molar-refractivity contribution < 1.29 is 9.13 Å². The zero-order valence-corrected chi connectivity index (χ0v) is 11.2. The molecule has 0 spiro atoms. The Hall–Kier alpha value is -0.450. The minimum Gasteiger partial charge on any atom is -0.385 e. The SMILES string of the molecule is COCCC(C)(N)Cc1ccc(Br)cc1F. The Kier molecular flexibility index (Phi) is 4.89. The second-order valence-electron chi connectivity index (χ2n) is 4.31. The van der Waals surface area contributed by atoms with Crippen molar-refractivity contribution in [1.82, 2.24) is 0 Å². The van der Waals surface area contributed by atoms with E-state index in [1.54, 1.807) is 13.2 Å². The fraction of sp³-hybridized carbons (Fsp3) is 0.500. The van der Waals surface area contributed by atoms with Gasteiger partial charge >= 0.3 is 0 Å². The Labute approximate surface area is 104 Å². The maximum absolute atomic E-state index is 13.6. The molecule has 2 nitrogen and oxygen atoms in total. The first-order valence-corrected chi connectivity index (χ1v) is 5.96. The quantitative estimate of drug-likeness (QED) is 0.905. The average Bonchev–Trinajstić information content (AvgIpc) is 2.19. The first-order chi connectivity index (χ1) is 7.44. The highest BCUT2D eigenvalue weighted by atomic mass is 79.9. The molecule has 0 saturated heterocycles. The number of nitrogens with two attached hydrogens (primary N) is 1. The topological polar surface area (TPSA) is 35.2 Å². The van der Waals surface area contributed by atoms with E-state index in [1.807, 2.05) is 13.0 Å². The van der Waals surface area contributed by atoms with Gasteiger partial charge in [-0.3, -0.25) is 0 Å². The maximum atomic E-state index is 13.6. The number of ether oxygens (including phenoxy) is 1. The molecule has 0 heterocycles. The van der Waals surface area contributed by atoms with Crippen LogP contribution in [0.15, 0.2) is 22.7 Å². The number of methoxy groups -OCH3 is 1. The Bertz CT molecular complexity index is 355. The molecule has 0 aliphatic heterocycles. The lowest BCUT2D eigenvalue weighted by Crippen LogP contribution is -2.39. The van der Waals surface area contributed by atoms with Gasteiger partial charge in [-0.1, -0.05) is 22.0 Å². The van der Waals surface area contributed by atoms with Crippen molar-refractivity contribution in [3.63, 3.8) is 0 Å². The van der Waals surface area contributed by atoms with E-state index in [0.29, 0.717) is 25.0 Å². The Morgan fingerprint density at radius 3 is 2.75 bits per heavy atom. The van der Waals surface area contributed by atoms with Crippen molar-refractivity contribution >= 4 is 15.9 Å². The smallest absolute Gasteiger partial charge is 0.127 e. The molecule has 2 N–H and O–H groups in total. The van der Waals surface area contributed by atoms with E-state index in [4.69, 9.17) is 10.5 Å². The van der Waals surface area contributed by atoms with Gasteiger partial charge in [0.1, 0.15) is 5.82 Å². The molecule has 0 radical (unpaired) electrons. The third-order valence-corrected chi connectivity index (χ3v) is 2.98. The third-order valence-electron chi connectivity index (χ3n) is 2.49. The first kappa shape index (κ1) is 13.6. The highest BCUT2D eigenvalue weighted by Gasteiger charge is 2.20. The lowest BCUT2D eigenvalue weighted by molar-refractivity contribution is 0.171. The van der Waals surface area contributed by atoms with Gasteiger partial charge < -0.3 is 10.5 Å². The van der Waals surface area contributed by atoms with E-state index in [1.165, 1.54) is 6.07 Å². The fourth-order valence-corrected chi connectivity index (χ4v) is 1.86. The van der Waals surface area contributed by atoms with Gasteiger partial charge in [-0.15, -0.1) is 0 Å². The fourth-order valence-electron chi connectivity index (χ4n) is 1.52.